The van der Waals surface area contributed by atoms with E-state index in [1.165, 1.54) is 0 Å². The van der Waals surface area contributed by atoms with E-state index >= 15 is 0 Å². The molecule has 1 aromatic carbocycles. The van der Waals surface area contributed by atoms with Crippen molar-refractivity contribution in [3.05, 3.63) is 48.3 Å². The Bertz CT molecular complexity index is 627. The van der Waals surface area contributed by atoms with Crippen LogP contribution in [0.15, 0.2) is 42.7 Å². The van der Waals surface area contributed by atoms with Crippen LogP contribution in [-0.2, 0) is 6.54 Å². The Morgan fingerprint density at radius 1 is 1.39 bits per heavy atom. The van der Waals surface area contributed by atoms with Crippen LogP contribution in [0.1, 0.15) is 32.3 Å². The van der Waals surface area contributed by atoms with Crippen molar-refractivity contribution in [1.82, 2.24) is 20.4 Å². The molecule has 0 aliphatic carbocycles. The van der Waals surface area contributed by atoms with Gasteiger partial charge in [0.1, 0.15) is 0 Å². The lowest BCUT2D eigenvalue weighted by Gasteiger charge is -2.29. The van der Waals surface area contributed by atoms with E-state index in [1.807, 2.05) is 50.4 Å². The first kappa shape index (κ1) is 17.0. The summed E-state index contributed by atoms with van der Waals surface area (Å²) in [7, 11) is 0. The zero-order valence-electron chi connectivity index (χ0n) is 13.6. The Morgan fingerprint density at radius 2 is 2.22 bits per heavy atom. The predicted octanol–water partition coefficient (Wildman–Crippen LogP) is 2.22. The Hall–Kier alpha value is -2.34. The molecule has 1 aromatic heterocycles. The van der Waals surface area contributed by atoms with Crippen molar-refractivity contribution in [2.24, 2.45) is 0 Å². The number of nitrogens with one attached hydrogen (secondary N) is 2. The van der Waals surface area contributed by atoms with Gasteiger partial charge < -0.3 is 15.7 Å². The van der Waals surface area contributed by atoms with Crippen LogP contribution in [0.3, 0.4) is 0 Å². The van der Waals surface area contributed by atoms with Gasteiger partial charge >= 0.3 is 6.03 Å². The first-order valence-corrected chi connectivity index (χ1v) is 7.82. The van der Waals surface area contributed by atoms with Crippen molar-refractivity contribution >= 4 is 6.03 Å². The third-order valence-electron chi connectivity index (χ3n) is 3.99. The summed E-state index contributed by atoms with van der Waals surface area (Å²) >= 11 is 0. The monoisotopic (exact) mass is 316 g/mol. The molecular formula is C17H24N4O2. The van der Waals surface area contributed by atoms with Crippen LogP contribution in [0.2, 0.25) is 0 Å². The molecule has 0 aliphatic rings. The number of hydrogen-bond acceptors (Lipinski definition) is 3. The second-order valence-corrected chi connectivity index (χ2v) is 5.82. The van der Waals surface area contributed by atoms with Crippen LogP contribution in [-0.4, -0.2) is 33.1 Å². The van der Waals surface area contributed by atoms with E-state index in [4.69, 9.17) is 5.11 Å². The number of carbonyl (C=O) groups excluding carboxylic acids is 1. The molecule has 1 atom stereocenters. The molecule has 0 saturated heterocycles. The molecule has 0 saturated carbocycles. The Labute approximate surface area is 136 Å². The van der Waals surface area contributed by atoms with E-state index < -0.39 is 5.54 Å². The van der Waals surface area contributed by atoms with Crippen molar-refractivity contribution in [3.63, 3.8) is 0 Å². The van der Waals surface area contributed by atoms with Gasteiger partial charge in [-0.3, -0.25) is 0 Å². The fourth-order valence-corrected chi connectivity index (χ4v) is 2.31. The fraction of sp³-hybridized carbons (Fsp3) is 0.412. The number of aliphatic hydroxyl groups excluding tert-OH is 1. The summed E-state index contributed by atoms with van der Waals surface area (Å²) in [6, 6.07) is 9.48. The number of nitrogens with zero attached hydrogens (tertiary/aromatic N) is 2. The Balaban J connectivity index is 1.93. The number of aliphatic hydroxyl groups is 1. The maximum absolute atomic E-state index is 12.1. The van der Waals surface area contributed by atoms with Crippen LogP contribution in [0.5, 0.6) is 0 Å². The number of urea groups is 1. The second-order valence-electron chi connectivity index (χ2n) is 5.82. The van der Waals surface area contributed by atoms with Crippen LogP contribution >= 0.6 is 0 Å². The minimum atomic E-state index is -0.393. The lowest BCUT2D eigenvalue weighted by Crippen LogP contribution is -2.50. The molecule has 0 radical (unpaired) electrons. The van der Waals surface area contributed by atoms with Gasteiger partial charge in [0.15, 0.2) is 0 Å². The molecule has 0 aliphatic heterocycles. The molecule has 0 spiro atoms. The third kappa shape index (κ3) is 4.82. The zero-order valence-corrected chi connectivity index (χ0v) is 13.6. The summed E-state index contributed by atoms with van der Waals surface area (Å²) in [6.07, 6.45) is 4.90. The molecule has 1 heterocycles. The average Bonchev–Trinajstić information content (AvgIpc) is 3.08. The van der Waals surface area contributed by atoms with E-state index in [0.717, 1.165) is 17.7 Å². The molecule has 3 N–H and O–H groups in total. The first-order chi connectivity index (χ1) is 11.1. The number of carbonyl (C=O) groups is 1. The number of amides is 2. The zero-order chi connectivity index (χ0) is 16.7. The van der Waals surface area contributed by atoms with Crippen LogP contribution in [0.25, 0.3) is 5.69 Å². The highest BCUT2D eigenvalue weighted by Crippen LogP contribution is 2.13. The molecule has 124 valence electrons. The van der Waals surface area contributed by atoms with Gasteiger partial charge in [0.05, 0.1) is 5.69 Å². The smallest absolute Gasteiger partial charge is 0.315 e. The van der Waals surface area contributed by atoms with Crippen molar-refractivity contribution in [1.29, 1.82) is 0 Å². The highest BCUT2D eigenvalue weighted by Gasteiger charge is 2.23. The summed E-state index contributed by atoms with van der Waals surface area (Å²) in [6.45, 7) is 4.40. The maximum Gasteiger partial charge on any atom is 0.315 e. The van der Waals surface area contributed by atoms with Crippen molar-refractivity contribution in [3.8, 4) is 5.69 Å². The Kier molecular flexibility index (Phi) is 5.76. The van der Waals surface area contributed by atoms with Crippen molar-refractivity contribution in [2.75, 3.05) is 6.61 Å². The second kappa shape index (κ2) is 7.78. The average molecular weight is 316 g/mol. The van der Waals surface area contributed by atoms with E-state index in [1.54, 1.807) is 10.9 Å². The topological polar surface area (TPSA) is 79.2 Å². The van der Waals surface area contributed by atoms with Gasteiger partial charge in [-0.25, -0.2) is 9.48 Å². The largest absolute Gasteiger partial charge is 0.396 e. The van der Waals surface area contributed by atoms with Crippen molar-refractivity contribution < 1.29 is 9.90 Å². The minimum Gasteiger partial charge on any atom is -0.396 e. The molecule has 2 amide bonds. The van der Waals surface area contributed by atoms with Gasteiger partial charge in [-0.1, -0.05) is 19.1 Å². The van der Waals surface area contributed by atoms with Crippen LogP contribution in [0.4, 0.5) is 4.79 Å². The van der Waals surface area contributed by atoms with E-state index in [9.17, 15) is 4.79 Å². The van der Waals surface area contributed by atoms with E-state index in [0.29, 0.717) is 13.0 Å². The van der Waals surface area contributed by atoms with E-state index in [-0.39, 0.29) is 12.6 Å². The third-order valence-corrected chi connectivity index (χ3v) is 3.99. The lowest BCUT2D eigenvalue weighted by atomic mass is 9.95. The minimum absolute atomic E-state index is 0.0521. The summed E-state index contributed by atoms with van der Waals surface area (Å²) in [5, 5.41) is 19.1. The molecule has 6 heteroatoms. The number of hydrogen-bond donors (Lipinski definition) is 3. The molecule has 23 heavy (non-hydrogen) atoms. The first-order valence-electron chi connectivity index (χ1n) is 7.82. The lowest BCUT2D eigenvalue weighted by molar-refractivity contribution is 0.200. The number of rotatable bonds is 7. The van der Waals surface area contributed by atoms with Gasteiger partial charge in [0.25, 0.3) is 0 Å². The van der Waals surface area contributed by atoms with E-state index in [2.05, 4.69) is 15.7 Å². The van der Waals surface area contributed by atoms with Gasteiger partial charge in [0.2, 0.25) is 0 Å². The normalized spacial score (nSPS) is 13.3. The SMILES string of the molecule is CCC(C)(CCO)NC(=O)NCc1cccc(-n2cccn2)c1. The summed E-state index contributed by atoms with van der Waals surface area (Å²) < 4.78 is 1.78. The highest BCUT2D eigenvalue weighted by atomic mass is 16.3. The standard InChI is InChI=1S/C17H24N4O2/c1-3-17(2,8-11-22)20-16(23)18-13-14-6-4-7-15(12-14)21-10-5-9-19-21/h4-7,9-10,12,22H,3,8,11,13H2,1-2H3,(H2,18,20,23). The van der Waals surface area contributed by atoms with Gasteiger partial charge in [0, 0.05) is 31.1 Å². The summed E-state index contributed by atoms with van der Waals surface area (Å²) in [5.41, 5.74) is 1.55. The number of aromatic nitrogens is 2. The highest BCUT2D eigenvalue weighted by molar-refractivity contribution is 5.74. The van der Waals surface area contributed by atoms with Gasteiger partial charge in [-0.05, 0) is 43.5 Å². The quantitative estimate of drug-likeness (QED) is 0.733. The molecule has 2 aromatic rings. The summed E-state index contributed by atoms with van der Waals surface area (Å²) in [4.78, 5) is 12.1. The van der Waals surface area contributed by atoms with Crippen LogP contribution < -0.4 is 10.6 Å². The predicted molar refractivity (Wildman–Crippen MR) is 89.3 cm³/mol. The Morgan fingerprint density at radius 3 is 2.87 bits per heavy atom. The molecular weight excluding hydrogens is 292 g/mol. The number of benzene rings is 1. The molecule has 1 unspecified atom stereocenters. The summed E-state index contributed by atoms with van der Waals surface area (Å²) in [5.74, 6) is 0. The van der Waals surface area contributed by atoms with Crippen molar-refractivity contribution in [2.45, 2.75) is 38.8 Å². The van der Waals surface area contributed by atoms with Crippen LogP contribution in [0, 0.1) is 0 Å². The molecule has 0 bridgehead atoms. The van der Waals surface area contributed by atoms with Gasteiger partial charge in [-0.2, -0.15) is 5.10 Å². The fourth-order valence-electron chi connectivity index (χ4n) is 2.31. The molecule has 0 fully saturated rings. The molecule has 6 nitrogen and oxygen atoms in total. The molecule has 2 rings (SSSR count). The maximum atomic E-state index is 12.1. The van der Waals surface area contributed by atoms with Gasteiger partial charge in [-0.15, -0.1) is 0 Å².